The topological polar surface area (TPSA) is 87.3 Å². The lowest BCUT2D eigenvalue weighted by atomic mass is 9.96. The number of anilines is 3. The van der Waals surface area contributed by atoms with Crippen molar-refractivity contribution >= 4 is 35.1 Å². The Labute approximate surface area is 174 Å². The SMILES string of the molecule is Cc1cnc(N)nc1NC(C)C1=Cc2cccc(Cl)c2C(O)N1c1ccccc1. The first kappa shape index (κ1) is 19.2. The average Bonchev–Trinajstić information content (AvgIpc) is 2.71. The van der Waals surface area contributed by atoms with E-state index in [1.807, 2.05) is 67.3 Å². The highest BCUT2D eigenvalue weighted by molar-refractivity contribution is 6.31. The van der Waals surface area contributed by atoms with Crippen molar-refractivity contribution in [3.63, 3.8) is 0 Å². The van der Waals surface area contributed by atoms with E-state index in [0.29, 0.717) is 16.4 Å². The molecule has 4 rings (SSSR count). The number of hydrogen-bond donors (Lipinski definition) is 3. The normalized spacial score (nSPS) is 16.8. The fraction of sp³-hybridized carbons (Fsp3) is 0.182. The van der Waals surface area contributed by atoms with Crippen LogP contribution in [0.5, 0.6) is 0 Å². The number of aliphatic hydroxyl groups excluding tert-OH is 1. The van der Waals surface area contributed by atoms with Crippen LogP contribution in [0.2, 0.25) is 5.02 Å². The number of fused-ring (bicyclic) bond motifs is 1. The first-order valence-electron chi connectivity index (χ1n) is 9.33. The molecule has 0 spiro atoms. The number of nitrogen functional groups attached to an aromatic ring is 1. The summed E-state index contributed by atoms with van der Waals surface area (Å²) in [5.41, 5.74) is 9.98. The molecule has 3 aromatic rings. The lowest BCUT2D eigenvalue weighted by Gasteiger charge is -2.39. The summed E-state index contributed by atoms with van der Waals surface area (Å²) in [7, 11) is 0. The van der Waals surface area contributed by atoms with Crippen molar-refractivity contribution in [3.8, 4) is 0 Å². The number of aryl methyl sites for hydroxylation is 1. The maximum absolute atomic E-state index is 11.3. The number of nitrogens with zero attached hydrogens (tertiary/aromatic N) is 3. The Hall–Kier alpha value is -3.09. The summed E-state index contributed by atoms with van der Waals surface area (Å²) < 4.78 is 0. The molecule has 4 N–H and O–H groups in total. The van der Waals surface area contributed by atoms with Crippen LogP contribution in [0.1, 0.15) is 29.8 Å². The second-order valence-corrected chi connectivity index (χ2v) is 7.42. The van der Waals surface area contributed by atoms with E-state index in [1.54, 1.807) is 12.3 Å². The molecule has 0 bridgehead atoms. The highest BCUT2D eigenvalue weighted by Gasteiger charge is 2.32. The zero-order chi connectivity index (χ0) is 20.5. The monoisotopic (exact) mass is 407 g/mol. The second kappa shape index (κ2) is 7.73. The third-order valence-electron chi connectivity index (χ3n) is 4.99. The van der Waals surface area contributed by atoms with Gasteiger partial charge in [0.15, 0.2) is 6.23 Å². The first-order chi connectivity index (χ1) is 14.0. The molecular weight excluding hydrogens is 386 g/mol. The van der Waals surface area contributed by atoms with Gasteiger partial charge in [0.1, 0.15) is 5.82 Å². The number of nitrogens with one attached hydrogen (secondary N) is 1. The van der Waals surface area contributed by atoms with Gasteiger partial charge in [-0.05, 0) is 43.7 Å². The molecule has 29 heavy (non-hydrogen) atoms. The average molecular weight is 408 g/mol. The van der Waals surface area contributed by atoms with E-state index < -0.39 is 6.23 Å². The molecule has 0 radical (unpaired) electrons. The second-order valence-electron chi connectivity index (χ2n) is 7.02. The number of nitrogens with two attached hydrogens (primary N) is 1. The van der Waals surface area contributed by atoms with Gasteiger partial charge in [0.05, 0.1) is 6.04 Å². The van der Waals surface area contributed by atoms with Gasteiger partial charge in [-0.25, -0.2) is 4.98 Å². The summed E-state index contributed by atoms with van der Waals surface area (Å²) in [6.07, 6.45) is 2.81. The summed E-state index contributed by atoms with van der Waals surface area (Å²) in [5, 5.41) is 15.2. The van der Waals surface area contributed by atoms with E-state index in [1.165, 1.54) is 0 Å². The molecular formula is C22H22ClN5O. The minimum absolute atomic E-state index is 0.176. The minimum Gasteiger partial charge on any atom is -0.369 e. The van der Waals surface area contributed by atoms with Crippen LogP contribution in [0, 0.1) is 6.92 Å². The lowest BCUT2D eigenvalue weighted by Crippen LogP contribution is -2.38. The molecule has 7 heteroatoms. The van der Waals surface area contributed by atoms with Gasteiger partial charge >= 0.3 is 0 Å². The Morgan fingerprint density at radius 1 is 1.17 bits per heavy atom. The molecule has 0 saturated carbocycles. The van der Waals surface area contributed by atoms with Crippen LogP contribution in [0.15, 0.2) is 60.4 Å². The Morgan fingerprint density at radius 2 is 1.93 bits per heavy atom. The van der Waals surface area contributed by atoms with Gasteiger partial charge in [0.25, 0.3) is 0 Å². The quantitative estimate of drug-likeness (QED) is 0.595. The third-order valence-corrected chi connectivity index (χ3v) is 5.32. The number of aliphatic hydroxyl groups is 1. The Balaban J connectivity index is 1.80. The molecule has 0 aliphatic carbocycles. The van der Waals surface area contributed by atoms with Crippen LogP contribution >= 0.6 is 11.6 Å². The van der Waals surface area contributed by atoms with Crippen LogP contribution in [0.3, 0.4) is 0 Å². The number of benzene rings is 2. The minimum atomic E-state index is -0.915. The van der Waals surface area contributed by atoms with Crippen molar-refractivity contribution < 1.29 is 5.11 Å². The van der Waals surface area contributed by atoms with E-state index in [4.69, 9.17) is 17.3 Å². The van der Waals surface area contributed by atoms with Crippen molar-refractivity contribution in [2.24, 2.45) is 0 Å². The zero-order valence-corrected chi connectivity index (χ0v) is 16.9. The maximum atomic E-state index is 11.3. The molecule has 2 atom stereocenters. The van der Waals surface area contributed by atoms with Gasteiger partial charge < -0.3 is 21.1 Å². The van der Waals surface area contributed by atoms with Crippen LogP contribution < -0.4 is 16.0 Å². The largest absolute Gasteiger partial charge is 0.369 e. The van der Waals surface area contributed by atoms with Gasteiger partial charge in [0.2, 0.25) is 5.95 Å². The Kier molecular flexibility index (Phi) is 5.13. The summed E-state index contributed by atoms with van der Waals surface area (Å²) in [6, 6.07) is 15.2. The van der Waals surface area contributed by atoms with Gasteiger partial charge in [-0.1, -0.05) is 41.9 Å². The molecule has 0 saturated heterocycles. The van der Waals surface area contributed by atoms with Crippen LogP contribution in [-0.2, 0) is 0 Å². The molecule has 148 valence electrons. The Morgan fingerprint density at radius 3 is 2.69 bits per heavy atom. The molecule has 1 aromatic heterocycles. The fourth-order valence-electron chi connectivity index (χ4n) is 3.54. The van der Waals surface area contributed by atoms with Crippen molar-refractivity contribution in [1.82, 2.24) is 9.97 Å². The standard InChI is InChI=1S/C22H22ClN5O/c1-13-12-25-22(24)27-20(13)26-14(2)18-11-15-7-6-10-17(23)19(15)21(29)28(18)16-8-4-3-5-9-16/h3-12,14,21,29H,1-2H3,(H3,24,25,26,27). The van der Waals surface area contributed by atoms with Crippen LogP contribution in [0.4, 0.5) is 17.5 Å². The highest BCUT2D eigenvalue weighted by Crippen LogP contribution is 2.41. The number of aromatic nitrogens is 2. The van der Waals surface area contributed by atoms with Crippen LogP contribution in [-0.4, -0.2) is 21.1 Å². The molecule has 1 aliphatic heterocycles. The summed E-state index contributed by atoms with van der Waals surface area (Å²) in [5.74, 6) is 0.866. The number of rotatable bonds is 4. The van der Waals surface area contributed by atoms with E-state index in [2.05, 4.69) is 15.3 Å². The summed E-state index contributed by atoms with van der Waals surface area (Å²) in [6.45, 7) is 3.93. The molecule has 1 aliphatic rings. The predicted molar refractivity (Wildman–Crippen MR) is 118 cm³/mol. The molecule has 2 unspecified atom stereocenters. The number of halogens is 1. The van der Waals surface area contributed by atoms with Gasteiger partial charge in [-0.3, -0.25) is 0 Å². The molecule has 6 nitrogen and oxygen atoms in total. The highest BCUT2D eigenvalue weighted by atomic mass is 35.5. The molecule has 0 fully saturated rings. The number of para-hydroxylation sites is 1. The smallest absolute Gasteiger partial charge is 0.221 e. The predicted octanol–water partition coefficient (Wildman–Crippen LogP) is 4.37. The van der Waals surface area contributed by atoms with Gasteiger partial charge in [-0.15, -0.1) is 0 Å². The van der Waals surface area contributed by atoms with Gasteiger partial charge in [0, 0.05) is 33.7 Å². The fourth-order valence-corrected chi connectivity index (χ4v) is 3.82. The Bertz CT molecular complexity index is 1070. The first-order valence-corrected chi connectivity index (χ1v) is 9.71. The van der Waals surface area contributed by atoms with E-state index >= 15 is 0 Å². The third kappa shape index (κ3) is 3.64. The maximum Gasteiger partial charge on any atom is 0.221 e. The van der Waals surface area contributed by atoms with E-state index in [0.717, 1.165) is 22.5 Å². The van der Waals surface area contributed by atoms with Crippen molar-refractivity contribution in [2.45, 2.75) is 26.1 Å². The number of hydrogen-bond acceptors (Lipinski definition) is 6. The van der Waals surface area contributed by atoms with Crippen LogP contribution in [0.25, 0.3) is 6.08 Å². The lowest BCUT2D eigenvalue weighted by molar-refractivity contribution is 0.177. The van der Waals surface area contributed by atoms with Crippen molar-refractivity contribution in [3.05, 3.63) is 82.1 Å². The summed E-state index contributed by atoms with van der Waals surface area (Å²) in [4.78, 5) is 10.2. The van der Waals surface area contributed by atoms with Gasteiger partial charge in [-0.2, -0.15) is 4.98 Å². The molecule has 2 heterocycles. The molecule has 0 amide bonds. The zero-order valence-electron chi connectivity index (χ0n) is 16.2. The van der Waals surface area contributed by atoms with Crippen molar-refractivity contribution in [1.29, 1.82) is 0 Å². The molecule has 2 aromatic carbocycles. The van der Waals surface area contributed by atoms with E-state index in [-0.39, 0.29) is 12.0 Å². The van der Waals surface area contributed by atoms with Crippen molar-refractivity contribution in [2.75, 3.05) is 16.0 Å². The van der Waals surface area contributed by atoms with E-state index in [9.17, 15) is 5.11 Å². The summed E-state index contributed by atoms with van der Waals surface area (Å²) >= 11 is 6.42.